The first-order chi connectivity index (χ1) is 14.8. The summed E-state index contributed by atoms with van der Waals surface area (Å²) in [6.07, 6.45) is 0.832. The summed E-state index contributed by atoms with van der Waals surface area (Å²) in [4.78, 5) is 27.4. The van der Waals surface area contributed by atoms with E-state index in [1.807, 2.05) is 56.3 Å². The zero-order chi connectivity index (χ0) is 22.8. The molecule has 0 saturated carbocycles. The second-order valence-corrected chi connectivity index (χ2v) is 8.91. The van der Waals surface area contributed by atoms with Crippen molar-refractivity contribution in [1.82, 2.24) is 10.2 Å². The van der Waals surface area contributed by atoms with Crippen LogP contribution in [0.2, 0.25) is 5.02 Å². The highest BCUT2D eigenvalue weighted by molar-refractivity contribution is 7.99. The van der Waals surface area contributed by atoms with Crippen molar-refractivity contribution in [2.45, 2.75) is 51.6 Å². The van der Waals surface area contributed by atoms with Gasteiger partial charge in [0.25, 0.3) is 0 Å². The van der Waals surface area contributed by atoms with Crippen molar-refractivity contribution in [2.75, 3.05) is 12.9 Å². The quantitative estimate of drug-likeness (QED) is 0.515. The van der Waals surface area contributed by atoms with Gasteiger partial charge in [-0.15, -0.1) is 11.8 Å². The van der Waals surface area contributed by atoms with E-state index >= 15 is 0 Å². The largest absolute Gasteiger partial charge is 0.497 e. The summed E-state index contributed by atoms with van der Waals surface area (Å²) >= 11 is 7.64. The molecule has 0 aliphatic rings. The second kappa shape index (κ2) is 12.6. The molecule has 0 radical (unpaired) electrons. The summed E-state index contributed by atoms with van der Waals surface area (Å²) in [5.74, 6) is 1.57. The molecule has 2 rings (SSSR count). The van der Waals surface area contributed by atoms with Gasteiger partial charge in [-0.05, 0) is 55.7 Å². The van der Waals surface area contributed by atoms with Crippen molar-refractivity contribution < 1.29 is 14.3 Å². The standard InChI is InChI=1S/C24H31ClN2O3S/c1-5-17(2)26-24(29)18(3)27(14-20-7-6-8-21(25)13-20)23(28)16-31-15-19-9-11-22(30-4)12-10-19/h6-13,17-18H,5,14-16H2,1-4H3,(H,26,29)/t17-,18+/m0/s1. The Morgan fingerprint density at radius 1 is 1.13 bits per heavy atom. The summed E-state index contributed by atoms with van der Waals surface area (Å²) in [6.45, 7) is 6.07. The number of nitrogens with one attached hydrogen (secondary N) is 1. The number of amides is 2. The van der Waals surface area contributed by atoms with Crippen molar-refractivity contribution in [3.63, 3.8) is 0 Å². The van der Waals surface area contributed by atoms with Gasteiger partial charge in [-0.1, -0.05) is 42.8 Å². The molecule has 0 fully saturated rings. The van der Waals surface area contributed by atoms with E-state index in [1.54, 1.807) is 25.0 Å². The molecule has 0 spiro atoms. The van der Waals surface area contributed by atoms with E-state index in [9.17, 15) is 9.59 Å². The maximum atomic E-state index is 13.1. The molecule has 0 aromatic heterocycles. The Morgan fingerprint density at radius 2 is 1.84 bits per heavy atom. The van der Waals surface area contributed by atoms with Gasteiger partial charge in [0.05, 0.1) is 12.9 Å². The number of rotatable bonds is 11. The first kappa shape index (κ1) is 25.1. The van der Waals surface area contributed by atoms with Crippen LogP contribution in [0.5, 0.6) is 5.75 Å². The number of hydrogen-bond donors (Lipinski definition) is 1. The fourth-order valence-corrected chi connectivity index (χ4v) is 4.02. The second-order valence-electron chi connectivity index (χ2n) is 7.49. The lowest BCUT2D eigenvalue weighted by molar-refractivity contribution is -0.138. The average Bonchev–Trinajstić information content (AvgIpc) is 2.77. The summed E-state index contributed by atoms with van der Waals surface area (Å²) in [5.41, 5.74) is 2.01. The fourth-order valence-electron chi connectivity index (χ4n) is 2.94. The first-order valence-corrected chi connectivity index (χ1v) is 11.9. The minimum Gasteiger partial charge on any atom is -0.497 e. The van der Waals surface area contributed by atoms with Crippen LogP contribution in [0.3, 0.4) is 0 Å². The summed E-state index contributed by atoms with van der Waals surface area (Å²) in [7, 11) is 1.63. The maximum Gasteiger partial charge on any atom is 0.242 e. The molecule has 31 heavy (non-hydrogen) atoms. The summed E-state index contributed by atoms with van der Waals surface area (Å²) in [5, 5.41) is 3.58. The van der Waals surface area contributed by atoms with Crippen molar-refractivity contribution in [3.05, 3.63) is 64.7 Å². The molecule has 2 atom stereocenters. The number of halogens is 1. The van der Waals surface area contributed by atoms with Crippen LogP contribution in [0.4, 0.5) is 0 Å². The predicted octanol–water partition coefficient (Wildman–Crippen LogP) is 4.91. The van der Waals surface area contributed by atoms with Crippen molar-refractivity contribution in [1.29, 1.82) is 0 Å². The highest BCUT2D eigenvalue weighted by atomic mass is 35.5. The van der Waals surface area contributed by atoms with Crippen molar-refractivity contribution >= 4 is 35.2 Å². The molecule has 2 amide bonds. The lowest BCUT2D eigenvalue weighted by Crippen LogP contribution is -2.50. The van der Waals surface area contributed by atoms with E-state index in [2.05, 4.69) is 5.32 Å². The fraction of sp³-hybridized carbons (Fsp3) is 0.417. The van der Waals surface area contributed by atoms with E-state index < -0.39 is 6.04 Å². The molecule has 2 aromatic rings. The minimum absolute atomic E-state index is 0.0579. The number of carbonyl (C=O) groups excluding carboxylic acids is 2. The van der Waals surface area contributed by atoms with Gasteiger partial charge in [0, 0.05) is 23.4 Å². The number of hydrogen-bond acceptors (Lipinski definition) is 4. The molecule has 1 N–H and O–H groups in total. The topological polar surface area (TPSA) is 58.6 Å². The van der Waals surface area contributed by atoms with Crippen LogP contribution in [-0.2, 0) is 21.9 Å². The van der Waals surface area contributed by atoms with Crippen LogP contribution < -0.4 is 10.1 Å². The SMILES string of the molecule is CC[C@H](C)NC(=O)[C@@H](C)N(Cc1cccc(Cl)c1)C(=O)CSCc1ccc(OC)cc1. The predicted molar refractivity (Wildman–Crippen MR) is 129 cm³/mol. The smallest absolute Gasteiger partial charge is 0.242 e. The third-order valence-corrected chi connectivity index (χ3v) is 6.29. The van der Waals surface area contributed by atoms with Gasteiger partial charge in [-0.3, -0.25) is 9.59 Å². The minimum atomic E-state index is -0.581. The normalized spacial score (nSPS) is 12.7. The molecule has 168 valence electrons. The Hall–Kier alpha value is -2.18. The lowest BCUT2D eigenvalue weighted by atomic mass is 10.1. The van der Waals surface area contributed by atoms with E-state index in [1.165, 1.54) is 11.8 Å². The third kappa shape index (κ3) is 8.11. The van der Waals surface area contributed by atoms with E-state index in [-0.39, 0.29) is 23.6 Å². The third-order valence-electron chi connectivity index (χ3n) is 5.06. The Labute approximate surface area is 194 Å². The molecule has 0 bridgehead atoms. The number of benzene rings is 2. The zero-order valence-electron chi connectivity index (χ0n) is 18.6. The van der Waals surface area contributed by atoms with E-state index in [0.29, 0.717) is 17.3 Å². The van der Waals surface area contributed by atoms with Crippen LogP contribution in [0.1, 0.15) is 38.3 Å². The van der Waals surface area contributed by atoms with Crippen molar-refractivity contribution in [2.24, 2.45) is 0 Å². The highest BCUT2D eigenvalue weighted by Gasteiger charge is 2.26. The number of thioether (sulfide) groups is 1. The maximum absolute atomic E-state index is 13.1. The molecule has 0 unspecified atom stereocenters. The number of nitrogens with zero attached hydrogens (tertiary/aromatic N) is 1. The van der Waals surface area contributed by atoms with E-state index in [4.69, 9.17) is 16.3 Å². The summed E-state index contributed by atoms with van der Waals surface area (Å²) in [6, 6.07) is 14.6. The van der Waals surface area contributed by atoms with Crippen LogP contribution >= 0.6 is 23.4 Å². The monoisotopic (exact) mass is 462 g/mol. The molecule has 0 heterocycles. The molecular weight excluding hydrogens is 432 g/mol. The zero-order valence-corrected chi connectivity index (χ0v) is 20.1. The Morgan fingerprint density at radius 3 is 2.45 bits per heavy atom. The molecule has 5 nitrogen and oxygen atoms in total. The van der Waals surface area contributed by atoms with E-state index in [0.717, 1.165) is 23.3 Å². The van der Waals surface area contributed by atoms with Gasteiger partial charge in [0.15, 0.2) is 0 Å². The molecule has 0 aliphatic heterocycles. The number of methoxy groups -OCH3 is 1. The molecular formula is C24H31ClN2O3S. The first-order valence-electron chi connectivity index (χ1n) is 10.4. The Balaban J connectivity index is 2.06. The van der Waals surface area contributed by atoms with Gasteiger partial charge in [-0.2, -0.15) is 0 Å². The van der Waals surface area contributed by atoms with Crippen LogP contribution in [0.15, 0.2) is 48.5 Å². The van der Waals surface area contributed by atoms with Gasteiger partial charge < -0.3 is 15.0 Å². The summed E-state index contributed by atoms with van der Waals surface area (Å²) < 4.78 is 5.18. The van der Waals surface area contributed by atoms with Gasteiger partial charge in [-0.25, -0.2) is 0 Å². The van der Waals surface area contributed by atoms with Gasteiger partial charge in [0.1, 0.15) is 11.8 Å². The van der Waals surface area contributed by atoms with Gasteiger partial charge >= 0.3 is 0 Å². The van der Waals surface area contributed by atoms with Crippen LogP contribution in [0, 0.1) is 0 Å². The Kier molecular flexibility index (Phi) is 10.2. The average molecular weight is 463 g/mol. The van der Waals surface area contributed by atoms with Crippen LogP contribution in [0.25, 0.3) is 0 Å². The molecule has 0 aliphatic carbocycles. The van der Waals surface area contributed by atoms with Gasteiger partial charge in [0.2, 0.25) is 11.8 Å². The highest BCUT2D eigenvalue weighted by Crippen LogP contribution is 2.19. The van der Waals surface area contributed by atoms with Crippen molar-refractivity contribution in [3.8, 4) is 5.75 Å². The number of ether oxygens (including phenoxy) is 1. The molecule has 7 heteroatoms. The molecule has 0 saturated heterocycles. The van der Waals surface area contributed by atoms with Crippen LogP contribution in [-0.4, -0.2) is 41.7 Å². The lowest BCUT2D eigenvalue weighted by Gasteiger charge is -2.29. The number of carbonyl (C=O) groups is 2. The molecule has 2 aromatic carbocycles. The Bertz CT molecular complexity index is 860.